The molecule has 124 valence electrons. The molecule has 0 saturated heterocycles. The van der Waals surface area contributed by atoms with Gasteiger partial charge in [-0.05, 0) is 24.3 Å². The van der Waals surface area contributed by atoms with Crippen molar-refractivity contribution in [2.75, 3.05) is 0 Å². The van der Waals surface area contributed by atoms with Crippen molar-refractivity contribution in [2.24, 2.45) is 0 Å². The molecule has 0 fully saturated rings. The molecule has 0 amide bonds. The smallest absolute Gasteiger partial charge is 0.322 e. The van der Waals surface area contributed by atoms with Gasteiger partial charge >= 0.3 is 11.9 Å². The number of carbonyl (C=O) groups excluding carboxylic acids is 2. The fourth-order valence-corrected chi connectivity index (χ4v) is 1.74. The summed E-state index contributed by atoms with van der Waals surface area (Å²) in [6.07, 6.45) is -0.798. The zero-order chi connectivity index (χ0) is 18.4. The maximum Gasteiger partial charge on any atom is 0.322 e. The number of halogens is 2. The van der Waals surface area contributed by atoms with Crippen molar-refractivity contribution in [3.05, 3.63) is 65.0 Å². The van der Waals surface area contributed by atoms with E-state index in [1.165, 1.54) is 12.1 Å². The number of esters is 2. The largest absolute Gasteiger partial charge is 0.426 e. The van der Waals surface area contributed by atoms with Crippen molar-refractivity contribution in [3.8, 4) is 17.6 Å². The van der Waals surface area contributed by atoms with Gasteiger partial charge in [0.05, 0.1) is 12.1 Å². The Balaban J connectivity index is 1.95. The first kappa shape index (κ1) is 17.6. The second-order valence-corrected chi connectivity index (χ2v) is 4.60. The summed E-state index contributed by atoms with van der Waals surface area (Å²) in [5.41, 5.74) is -0.453. The van der Waals surface area contributed by atoms with Crippen LogP contribution in [0.5, 0.6) is 11.5 Å². The first-order valence-corrected chi connectivity index (χ1v) is 6.71. The molecule has 0 aliphatic rings. The van der Waals surface area contributed by atoms with Crippen LogP contribution >= 0.6 is 0 Å². The summed E-state index contributed by atoms with van der Waals surface area (Å²) in [6, 6.07) is 7.94. The van der Waals surface area contributed by atoms with Gasteiger partial charge in [-0.3, -0.25) is 9.59 Å². The number of ether oxygens (including phenoxy) is 2. The minimum Gasteiger partial charge on any atom is -0.426 e. The molecule has 25 heavy (non-hydrogen) atoms. The zero-order valence-electron chi connectivity index (χ0n) is 12.5. The van der Waals surface area contributed by atoms with E-state index < -0.39 is 30.0 Å². The van der Waals surface area contributed by atoms with Crippen LogP contribution in [0, 0.1) is 29.5 Å². The van der Waals surface area contributed by atoms with Crippen LogP contribution in [0.1, 0.15) is 12.0 Å². The number of rotatable bonds is 4. The molecule has 2 rings (SSSR count). The van der Waals surface area contributed by atoms with Crippen molar-refractivity contribution in [1.82, 2.24) is 0 Å². The lowest BCUT2D eigenvalue weighted by Crippen LogP contribution is -2.18. The van der Waals surface area contributed by atoms with Crippen LogP contribution in [-0.2, 0) is 9.59 Å². The van der Waals surface area contributed by atoms with Gasteiger partial charge in [-0.15, -0.1) is 0 Å². The van der Waals surface area contributed by atoms with E-state index in [0.717, 1.165) is 24.3 Å². The molecular weight excluding hydrogens is 334 g/mol. The van der Waals surface area contributed by atoms with Crippen LogP contribution in [0.15, 0.2) is 36.4 Å². The predicted octanol–water partition coefficient (Wildman–Crippen LogP) is 3.29. The Hall–Kier alpha value is -3.78. The Labute approximate surface area is 140 Å². The van der Waals surface area contributed by atoms with E-state index in [4.69, 9.17) is 21.3 Å². The number of hydrogen-bond acceptors (Lipinski definition) is 5. The summed E-state index contributed by atoms with van der Waals surface area (Å²) in [4.78, 5) is 26.2. The summed E-state index contributed by atoms with van der Waals surface area (Å²) in [5.74, 6) is -4.13. The fourth-order valence-electron chi connectivity index (χ4n) is 1.74. The Bertz CT molecular complexity index is 854. The molecule has 6 nitrogen and oxygen atoms in total. The van der Waals surface area contributed by atoms with E-state index in [0.29, 0.717) is 0 Å². The molecule has 0 atom stereocenters. The molecule has 0 aliphatic carbocycles. The highest BCUT2D eigenvalue weighted by atomic mass is 19.1. The molecule has 2 aromatic carbocycles. The lowest BCUT2D eigenvalue weighted by atomic mass is 10.2. The lowest BCUT2D eigenvalue weighted by molar-refractivity contribution is -0.144. The van der Waals surface area contributed by atoms with Crippen LogP contribution in [0.2, 0.25) is 0 Å². The van der Waals surface area contributed by atoms with E-state index in [2.05, 4.69) is 4.85 Å². The SMILES string of the molecule is [C-]#[N+]c1ccc(OC(=O)CC(=O)Oc2ccc(C#N)c(F)c2)cc1F. The van der Waals surface area contributed by atoms with E-state index in [9.17, 15) is 18.4 Å². The summed E-state index contributed by atoms with van der Waals surface area (Å²) >= 11 is 0. The fraction of sp³-hybridized carbons (Fsp3) is 0.0588. The maximum absolute atomic E-state index is 13.4. The molecule has 0 saturated carbocycles. The highest BCUT2D eigenvalue weighted by Gasteiger charge is 2.16. The van der Waals surface area contributed by atoms with Crippen molar-refractivity contribution in [3.63, 3.8) is 0 Å². The van der Waals surface area contributed by atoms with Gasteiger partial charge < -0.3 is 9.47 Å². The lowest BCUT2D eigenvalue weighted by Gasteiger charge is -2.06. The minimum absolute atomic E-state index is 0.174. The molecular formula is C17H8F2N2O4. The van der Waals surface area contributed by atoms with Crippen molar-refractivity contribution in [1.29, 1.82) is 5.26 Å². The maximum atomic E-state index is 13.4. The number of nitriles is 1. The van der Waals surface area contributed by atoms with Gasteiger partial charge in [0.15, 0.2) is 0 Å². The van der Waals surface area contributed by atoms with Crippen molar-refractivity contribution < 1.29 is 27.8 Å². The Kier molecular flexibility index (Phi) is 5.39. The molecule has 0 aromatic heterocycles. The van der Waals surface area contributed by atoms with Gasteiger partial charge in [-0.2, -0.15) is 5.26 Å². The molecule has 0 N–H and O–H groups in total. The molecule has 0 aliphatic heterocycles. The van der Waals surface area contributed by atoms with E-state index >= 15 is 0 Å². The van der Waals surface area contributed by atoms with Crippen LogP contribution in [0.4, 0.5) is 14.5 Å². The third-order valence-electron chi connectivity index (χ3n) is 2.85. The predicted molar refractivity (Wildman–Crippen MR) is 79.7 cm³/mol. The minimum atomic E-state index is -1.02. The number of hydrogen-bond donors (Lipinski definition) is 0. The van der Waals surface area contributed by atoms with Gasteiger partial charge in [0.2, 0.25) is 5.69 Å². The Morgan fingerprint density at radius 3 is 2.08 bits per heavy atom. The van der Waals surface area contributed by atoms with Crippen LogP contribution in [0.3, 0.4) is 0 Å². The van der Waals surface area contributed by atoms with E-state index in [1.54, 1.807) is 6.07 Å². The average Bonchev–Trinajstić information content (AvgIpc) is 2.55. The van der Waals surface area contributed by atoms with E-state index in [-0.39, 0.29) is 22.7 Å². The summed E-state index contributed by atoms with van der Waals surface area (Å²) in [7, 11) is 0. The van der Waals surface area contributed by atoms with Crippen LogP contribution in [0.25, 0.3) is 4.85 Å². The Morgan fingerprint density at radius 2 is 1.60 bits per heavy atom. The monoisotopic (exact) mass is 342 g/mol. The molecule has 8 heteroatoms. The second kappa shape index (κ2) is 7.66. The third-order valence-corrected chi connectivity index (χ3v) is 2.85. The van der Waals surface area contributed by atoms with Crippen LogP contribution in [-0.4, -0.2) is 11.9 Å². The van der Waals surface area contributed by atoms with Gasteiger partial charge in [-0.1, -0.05) is 0 Å². The number of nitrogens with zero attached hydrogens (tertiary/aromatic N) is 2. The zero-order valence-corrected chi connectivity index (χ0v) is 12.5. The topological polar surface area (TPSA) is 80.8 Å². The average molecular weight is 342 g/mol. The molecule has 0 unspecified atom stereocenters. The molecule has 0 spiro atoms. The van der Waals surface area contributed by atoms with Gasteiger partial charge in [-0.25, -0.2) is 13.6 Å². The molecule has 0 heterocycles. The van der Waals surface area contributed by atoms with Crippen molar-refractivity contribution in [2.45, 2.75) is 6.42 Å². The molecule has 2 aromatic rings. The summed E-state index contributed by atoms with van der Waals surface area (Å²) in [5, 5.41) is 8.60. The molecule has 0 radical (unpaired) electrons. The summed E-state index contributed by atoms with van der Waals surface area (Å²) in [6.45, 7) is 6.71. The van der Waals surface area contributed by atoms with Crippen molar-refractivity contribution >= 4 is 17.6 Å². The van der Waals surface area contributed by atoms with Gasteiger partial charge in [0, 0.05) is 12.1 Å². The van der Waals surface area contributed by atoms with E-state index in [1.807, 2.05) is 0 Å². The standard InChI is InChI=1S/C17H8F2N2O4/c1-21-15-5-4-12(7-14(15)19)25-17(23)8-16(22)24-11-3-2-10(9-20)13(18)6-11/h2-7H,8H2. The summed E-state index contributed by atoms with van der Waals surface area (Å²) < 4.78 is 36.3. The number of carbonyl (C=O) groups is 2. The van der Waals surface area contributed by atoms with Gasteiger partial charge in [0.25, 0.3) is 0 Å². The van der Waals surface area contributed by atoms with Gasteiger partial charge in [0.1, 0.15) is 35.6 Å². The first-order chi connectivity index (χ1) is 11.9. The normalized spacial score (nSPS) is 9.60. The Morgan fingerprint density at radius 1 is 1.04 bits per heavy atom. The second-order valence-electron chi connectivity index (χ2n) is 4.60. The molecule has 0 bridgehead atoms. The first-order valence-electron chi connectivity index (χ1n) is 6.71. The highest BCUT2D eigenvalue weighted by Crippen LogP contribution is 2.23. The highest BCUT2D eigenvalue weighted by molar-refractivity contribution is 5.93. The number of benzene rings is 2. The third kappa shape index (κ3) is 4.60. The van der Waals surface area contributed by atoms with Crippen LogP contribution < -0.4 is 9.47 Å². The quantitative estimate of drug-likeness (QED) is 0.369.